The number of fused-ring (bicyclic) bond motifs is 1. The number of nitrogens with one attached hydrogen (secondary N) is 1. The Kier molecular flexibility index (Phi) is 4.26. The van der Waals surface area contributed by atoms with Crippen LogP contribution in [0.25, 0.3) is 0 Å². The van der Waals surface area contributed by atoms with Crippen molar-refractivity contribution < 1.29 is 13.9 Å². The van der Waals surface area contributed by atoms with Crippen molar-refractivity contribution in [2.75, 3.05) is 13.7 Å². The predicted molar refractivity (Wildman–Crippen MR) is 60.4 cm³/mol. The fourth-order valence-electron chi connectivity index (χ4n) is 1.86. The summed E-state index contributed by atoms with van der Waals surface area (Å²) in [7, 11) is 1.26. The SMILES string of the molecule is COC(=O)c1c(F)ccc2c1CNCC2.Cl. The number of hydrogen-bond acceptors (Lipinski definition) is 3. The molecule has 0 spiro atoms. The number of carbonyl (C=O) groups is 1. The van der Waals surface area contributed by atoms with E-state index in [0.717, 1.165) is 24.1 Å². The Balaban J connectivity index is 0.00000128. The number of methoxy groups -OCH3 is 1. The molecule has 0 bridgehead atoms. The molecule has 0 unspecified atom stereocenters. The van der Waals surface area contributed by atoms with Gasteiger partial charge in [0.25, 0.3) is 0 Å². The maximum Gasteiger partial charge on any atom is 0.341 e. The van der Waals surface area contributed by atoms with Crippen molar-refractivity contribution in [3.8, 4) is 0 Å². The van der Waals surface area contributed by atoms with Gasteiger partial charge in [-0.05, 0) is 30.2 Å². The summed E-state index contributed by atoms with van der Waals surface area (Å²) in [6.45, 7) is 1.39. The summed E-state index contributed by atoms with van der Waals surface area (Å²) in [5.41, 5.74) is 1.82. The zero-order chi connectivity index (χ0) is 10.8. The van der Waals surface area contributed by atoms with Crippen LogP contribution in [-0.2, 0) is 17.7 Å². The molecule has 88 valence electrons. The number of hydrogen-bond donors (Lipinski definition) is 1. The molecule has 2 rings (SSSR count). The average Bonchev–Trinajstić information content (AvgIpc) is 2.28. The molecule has 0 aliphatic carbocycles. The van der Waals surface area contributed by atoms with Gasteiger partial charge in [-0.15, -0.1) is 12.4 Å². The molecular weight excluding hydrogens is 233 g/mol. The second-order valence-corrected chi connectivity index (χ2v) is 3.48. The normalized spacial score (nSPS) is 13.6. The van der Waals surface area contributed by atoms with Crippen molar-refractivity contribution in [1.82, 2.24) is 5.32 Å². The Morgan fingerprint density at radius 1 is 1.50 bits per heavy atom. The quantitative estimate of drug-likeness (QED) is 0.765. The monoisotopic (exact) mass is 245 g/mol. The predicted octanol–water partition coefficient (Wildman–Crippen LogP) is 1.68. The Labute approximate surface area is 99.4 Å². The Morgan fingerprint density at radius 2 is 2.25 bits per heavy atom. The van der Waals surface area contributed by atoms with Crippen molar-refractivity contribution in [2.45, 2.75) is 13.0 Å². The van der Waals surface area contributed by atoms with Gasteiger partial charge in [-0.3, -0.25) is 0 Å². The Bertz CT molecular complexity index is 409. The van der Waals surface area contributed by atoms with Crippen LogP contribution in [0.5, 0.6) is 0 Å². The maximum atomic E-state index is 13.5. The van der Waals surface area contributed by atoms with Gasteiger partial charge in [0, 0.05) is 6.54 Å². The molecule has 0 aromatic heterocycles. The molecule has 1 N–H and O–H groups in total. The van der Waals surface area contributed by atoms with Gasteiger partial charge in [0.05, 0.1) is 7.11 Å². The van der Waals surface area contributed by atoms with Crippen molar-refractivity contribution in [3.63, 3.8) is 0 Å². The summed E-state index contributed by atoms with van der Waals surface area (Å²) in [6.07, 6.45) is 0.819. The first-order valence-electron chi connectivity index (χ1n) is 4.83. The first-order chi connectivity index (χ1) is 7.24. The van der Waals surface area contributed by atoms with E-state index in [1.165, 1.54) is 13.2 Å². The van der Waals surface area contributed by atoms with Gasteiger partial charge in [0.1, 0.15) is 11.4 Å². The molecule has 0 atom stereocenters. The van der Waals surface area contributed by atoms with E-state index in [-0.39, 0.29) is 18.0 Å². The standard InChI is InChI=1S/C11H12FNO2.ClH/c1-15-11(14)10-8-6-13-5-4-7(8)2-3-9(10)12;/h2-3,13H,4-6H2,1H3;1H. The van der Waals surface area contributed by atoms with E-state index in [1.54, 1.807) is 6.07 Å². The van der Waals surface area contributed by atoms with Crippen LogP contribution in [0.3, 0.4) is 0 Å². The lowest BCUT2D eigenvalue weighted by atomic mass is 9.95. The number of carbonyl (C=O) groups excluding carboxylic acids is 1. The highest BCUT2D eigenvalue weighted by Crippen LogP contribution is 2.22. The smallest absolute Gasteiger partial charge is 0.341 e. The molecule has 3 nitrogen and oxygen atoms in total. The fourth-order valence-corrected chi connectivity index (χ4v) is 1.86. The van der Waals surface area contributed by atoms with Gasteiger partial charge in [-0.1, -0.05) is 6.07 Å². The minimum absolute atomic E-state index is 0. The van der Waals surface area contributed by atoms with Crippen LogP contribution < -0.4 is 5.32 Å². The highest BCUT2D eigenvalue weighted by atomic mass is 35.5. The minimum Gasteiger partial charge on any atom is -0.465 e. The van der Waals surface area contributed by atoms with Gasteiger partial charge in [0.15, 0.2) is 0 Å². The van der Waals surface area contributed by atoms with Crippen molar-refractivity contribution in [3.05, 3.63) is 34.6 Å². The first kappa shape index (κ1) is 12.9. The van der Waals surface area contributed by atoms with Crippen LogP contribution in [0.4, 0.5) is 4.39 Å². The van der Waals surface area contributed by atoms with E-state index in [1.807, 2.05) is 0 Å². The summed E-state index contributed by atoms with van der Waals surface area (Å²) < 4.78 is 18.1. The molecule has 0 saturated heterocycles. The van der Waals surface area contributed by atoms with Crippen LogP contribution in [0.1, 0.15) is 21.5 Å². The molecule has 0 amide bonds. The zero-order valence-electron chi connectivity index (χ0n) is 8.88. The summed E-state index contributed by atoms with van der Waals surface area (Å²) in [5, 5.41) is 3.11. The van der Waals surface area contributed by atoms with Crippen LogP contribution in [0.2, 0.25) is 0 Å². The van der Waals surface area contributed by atoms with Gasteiger partial charge in [-0.2, -0.15) is 0 Å². The highest BCUT2D eigenvalue weighted by molar-refractivity contribution is 5.91. The molecule has 0 fully saturated rings. The molecule has 1 aliphatic heterocycles. The lowest BCUT2D eigenvalue weighted by molar-refractivity contribution is 0.0593. The zero-order valence-corrected chi connectivity index (χ0v) is 9.70. The number of rotatable bonds is 1. The van der Waals surface area contributed by atoms with Crippen molar-refractivity contribution >= 4 is 18.4 Å². The van der Waals surface area contributed by atoms with Gasteiger partial charge < -0.3 is 10.1 Å². The van der Waals surface area contributed by atoms with E-state index in [0.29, 0.717) is 6.54 Å². The molecule has 0 radical (unpaired) electrons. The third-order valence-corrected chi connectivity index (χ3v) is 2.62. The number of halogens is 2. The summed E-state index contributed by atoms with van der Waals surface area (Å²) in [6, 6.07) is 3.06. The van der Waals surface area contributed by atoms with Crippen LogP contribution >= 0.6 is 12.4 Å². The Hall–Kier alpha value is -1.13. The van der Waals surface area contributed by atoms with Gasteiger partial charge >= 0.3 is 5.97 Å². The molecule has 1 aromatic rings. The third-order valence-electron chi connectivity index (χ3n) is 2.62. The molecule has 5 heteroatoms. The number of benzene rings is 1. The maximum absolute atomic E-state index is 13.5. The number of esters is 1. The van der Waals surface area contributed by atoms with E-state index in [4.69, 9.17) is 0 Å². The van der Waals surface area contributed by atoms with Crippen molar-refractivity contribution in [1.29, 1.82) is 0 Å². The third kappa shape index (κ3) is 2.18. The first-order valence-corrected chi connectivity index (χ1v) is 4.83. The van der Waals surface area contributed by atoms with Crippen LogP contribution in [-0.4, -0.2) is 19.6 Å². The topological polar surface area (TPSA) is 38.3 Å². The molecule has 1 aromatic carbocycles. The molecule has 1 heterocycles. The van der Waals surface area contributed by atoms with Gasteiger partial charge in [0.2, 0.25) is 0 Å². The second kappa shape index (κ2) is 5.27. The van der Waals surface area contributed by atoms with Gasteiger partial charge in [-0.25, -0.2) is 9.18 Å². The molecule has 0 saturated carbocycles. The lowest BCUT2D eigenvalue weighted by Crippen LogP contribution is -2.26. The largest absolute Gasteiger partial charge is 0.465 e. The summed E-state index contributed by atoms with van der Waals surface area (Å²) in [5.74, 6) is -1.11. The van der Waals surface area contributed by atoms with Crippen LogP contribution in [0.15, 0.2) is 12.1 Å². The van der Waals surface area contributed by atoms with Crippen LogP contribution in [0, 0.1) is 5.82 Å². The van der Waals surface area contributed by atoms with E-state index in [9.17, 15) is 9.18 Å². The second-order valence-electron chi connectivity index (χ2n) is 3.48. The lowest BCUT2D eigenvalue weighted by Gasteiger charge is -2.19. The minimum atomic E-state index is -0.604. The molecular formula is C11H13ClFNO2. The molecule has 1 aliphatic rings. The van der Waals surface area contributed by atoms with Crippen molar-refractivity contribution in [2.24, 2.45) is 0 Å². The Morgan fingerprint density at radius 3 is 2.94 bits per heavy atom. The van der Waals surface area contributed by atoms with E-state index in [2.05, 4.69) is 10.1 Å². The average molecular weight is 246 g/mol. The fraction of sp³-hybridized carbons (Fsp3) is 0.364. The van der Waals surface area contributed by atoms with E-state index < -0.39 is 11.8 Å². The number of ether oxygens (including phenoxy) is 1. The molecule has 16 heavy (non-hydrogen) atoms. The van der Waals surface area contributed by atoms with E-state index >= 15 is 0 Å². The summed E-state index contributed by atoms with van der Waals surface area (Å²) >= 11 is 0. The highest BCUT2D eigenvalue weighted by Gasteiger charge is 2.21. The summed E-state index contributed by atoms with van der Waals surface area (Å²) in [4.78, 5) is 11.4.